The Balaban J connectivity index is 1.77. The number of hydroxylamine groups is 1. The molecule has 6 heteroatoms. The van der Waals surface area contributed by atoms with E-state index in [1.54, 1.807) is 0 Å². The number of rotatable bonds is 8. The summed E-state index contributed by atoms with van der Waals surface area (Å²) in [5.41, 5.74) is 1.49. The molecule has 0 aliphatic carbocycles. The van der Waals surface area contributed by atoms with Gasteiger partial charge in [0, 0.05) is 5.56 Å². The minimum Gasteiger partial charge on any atom is -0.623 e. The first-order chi connectivity index (χ1) is 17.1. The standard InChI is InChI=1S/C30H37NO4Si/c1-29(2,3)36(25-17-11-7-12-18-25,26-19-13-8-14-20-26)34-22-27(28-23-33-30(4,5)35-28)31(32)21-24-15-9-6-10-16-24/h6-20,28H,21-23H2,1-5H3/b31-27-/t28-/m0/s1. The zero-order valence-corrected chi connectivity index (χ0v) is 22.9. The average molecular weight is 504 g/mol. The molecule has 1 atom stereocenters. The molecule has 0 radical (unpaired) electrons. The number of hydrogen-bond acceptors (Lipinski definition) is 4. The second-order valence-corrected chi connectivity index (χ2v) is 15.1. The summed E-state index contributed by atoms with van der Waals surface area (Å²) < 4.78 is 20.1. The van der Waals surface area contributed by atoms with Gasteiger partial charge < -0.3 is 19.1 Å². The van der Waals surface area contributed by atoms with Gasteiger partial charge in [0.2, 0.25) is 5.71 Å². The van der Waals surface area contributed by atoms with Crippen molar-refractivity contribution in [3.63, 3.8) is 0 Å². The molecular weight excluding hydrogens is 466 g/mol. The van der Waals surface area contributed by atoms with E-state index in [4.69, 9.17) is 13.9 Å². The van der Waals surface area contributed by atoms with Crippen molar-refractivity contribution in [3.8, 4) is 0 Å². The molecule has 5 nitrogen and oxygen atoms in total. The van der Waals surface area contributed by atoms with Gasteiger partial charge in [0.1, 0.15) is 6.61 Å². The van der Waals surface area contributed by atoms with Gasteiger partial charge in [0.15, 0.2) is 18.4 Å². The van der Waals surface area contributed by atoms with E-state index in [1.165, 1.54) is 10.4 Å². The molecule has 0 unspecified atom stereocenters. The normalized spacial score (nSPS) is 18.6. The van der Waals surface area contributed by atoms with Crippen LogP contribution in [0.2, 0.25) is 5.04 Å². The molecule has 190 valence electrons. The summed E-state index contributed by atoms with van der Waals surface area (Å²) in [6, 6.07) is 30.7. The van der Waals surface area contributed by atoms with Crippen LogP contribution < -0.4 is 10.4 Å². The first-order valence-electron chi connectivity index (χ1n) is 12.5. The van der Waals surface area contributed by atoms with Gasteiger partial charge in [0.25, 0.3) is 8.32 Å². The number of ether oxygens (including phenoxy) is 2. The van der Waals surface area contributed by atoms with E-state index in [0.29, 0.717) is 12.3 Å². The molecule has 3 aromatic rings. The van der Waals surface area contributed by atoms with Gasteiger partial charge in [-0.1, -0.05) is 112 Å². The first-order valence-corrected chi connectivity index (χ1v) is 14.4. The number of benzene rings is 3. The van der Waals surface area contributed by atoms with Crippen molar-refractivity contribution in [2.75, 3.05) is 13.2 Å². The Morgan fingerprint density at radius 1 is 0.917 bits per heavy atom. The largest absolute Gasteiger partial charge is 0.623 e. The summed E-state index contributed by atoms with van der Waals surface area (Å²) in [4.78, 5) is 0. The fourth-order valence-corrected chi connectivity index (χ4v) is 9.49. The van der Waals surface area contributed by atoms with E-state index in [0.717, 1.165) is 10.3 Å². The Labute approximate surface area is 216 Å². The second-order valence-electron chi connectivity index (χ2n) is 10.8. The lowest BCUT2D eigenvalue weighted by molar-refractivity contribution is -0.479. The maximum Gasteiger partial charge on any atom is 0.261 e. The maximum absolute atomic E-state index is 13.6. The lowest BCUT2D eigenvalue weighted by Gasteiger charge is -2.43. The summed E-state index contributed by atoms with van der Waals surface area (Å²) in [6.07, 6.45) is -0.473. The molecular formula is C30H37NO4Si. The van der Waals surface area contributed by atoms with Crippen LogP contribution in [-0.2, 0) is 20.4 Å². The zero-order valence-electron chi connectivity index (χ0n) is 21.9. The van der Waals surface area contributed by atoms with Crippen LogP contribution in [0.15, 0.2) is 91.0 Å². The highest BCUT2D eigenvalue weighted by Crippen LogP contribution is 2.37. The molecule has 0 N–H and O–H groups in total. The Bertz CT molecular complexity index is 1120. The monoisotopic (exact) mass is 503 g/mol. The van der Waals surface area contributed by atoms with E-state index in [1.807, 2.05) is 56.3 Å². The molecule has 0 amide bonds. The molecule has 0 bridgehead atoms. The Morgan fingerprint density at radius 2 is 1.42 bits per heavy atom. The van der Waals surface area contributed by atoms with Gasteiger partial charge in [-0.15, -0.1) is 0 Å². The average Bonchev–Trinajstić information content (AvgIpc) is 3.22. The molecule has 0 spiro atoms. The van der Waals surface area contributed by atoms with Crippen molar-refractivity contribution in [1.82, 2.24) is 0 Å². The highest BCUT2D eigenvalue weighted by molar-refractivity contribution is 6.99. The van der Waals surface area contributed by atoms with Crippen LogP contribution in [0, 0.1) is 5.21 Å². The minimum absolute atomic E-state index is 0.160. The molecule has 4 rings (SSSR count). The highest BCUT2D eigenvalue weighted by Gasteiger charge is 2.51. The first kappa shape index (κ1) is 26.3. The van der Waals surface area contributed by atoms with Gasteiger partial charge in [-0.2, -0.15) is 0 Å². The van der Waals surface area contributed by atoms with Crippen molar-refractivity contribution in [2.45, 2.75) is 58.1 Å². The van der Waals surface area contributed by atoms with Crippen LogP contribution in [0.5, 0.6) is 0 Å². The third-order valence-corrected chi connectivity index (χ3v) is 11.7. The van der Waals surface area contributed by atoms with Crippen LogP contribution in [0.4, 0.5) is 0 Å². The molecule has 3 aromatic carbocycles. The summed E-state index contributed by atoms with van der Waals surface area (Å²) >= 11 is 0. The lowest BCUT2D eigenvalue weighted by Crippen LogP contribution is -2.67. The molecule has 0 aromatic heterocycles. The minimum atomic E-state index is -2.82. The van der Waals surface area contributed by atoms with Crippen molar-refractivity contribution in [3.05, 3.63) is 102 Å². The molecule has 1 heterocycles. The van der Waals surface area contributed by atoms with Crippen LogP contribution in [0.3, 0.4) is 0 Å². The molecule has 0 saturated carbocycles. The van der Waals surface area contributed by atoms with Gasteiger partial charge in [-0.3, -0.25) is 0 Å². The Kier molecular flexibility index (Phi) is 7.81. The molecule has 1 saturated heterocycles. The Hall–Kier alpha value is -2.77. The summed E-state index contributed by atoms with van der Waals surface area (Å²) in [5, 5.41) is 15.8. The molecule has 1 aliphatic heterocycles. The zero-order chi connectivity index (χ0) is 25.8. The van der Waals surface area contributed by atoms with Gasteiger partial charge in [-0.05, 0) is 29.3 Å². The van der Waals surface area contributed by atoms with Crippen LogP contribution in [0.25, 0.3) is 0 Å². The van der Waals surface area contributed by atoms with E-state index >= 15 is 0 Å². The number of hydrogen-bond donors (Lipinski definition) is 0. The SMILES string of the molecule is CC1(C)OC[C@@H](/C(CO[Si](c2ccccc2)(c2ccccc2)C(C)(C)C)=[N+](\[O-])Cc2ccccc2)O1. The molecule has 1 fully saturated rings. The summed E-state index contributed by atoms with van der Waals surface area (Å²) in [6.45, 7) is 11.1. The summed E-state index contributed by atoms with van der Waals surface area (Å²) in [5.74, 6) is -0.749. The van der Waals surface area contributed by atoms with Gasteiger partial charge >= 0.3 is 0 Å². The third-order valence-electron chi connectivity index (χ3n) is 6.72. The Morgan fingerprint density at radius 3 is 1.86 bits per heavy atom. The smallest absolute Gasteiger partial charge is 0.261 e. The van der Waals surface area contributed by atoms with Crippen LogP contribution in [0.1, 0.15) is 40.2 Å². The van der Waals surface area contributed by atoms with Crippen molar-refractivity contribution in [2.24, 2.45) is 0 Å². The van der Waals surface area contributed by atoms with Crippen molar-refractivity contribution >= 4 is 24.4 Å². The predicted octanol–water partition coefficient (Wildman–Crippen LogP) is 4.87. The van der Waals surface area contributed by atoms with E-state index in [-0.39, 0.29) is 18.2 Å². The lowest BCUT2D eigenvalue weighted by atomic mass is 10.2. The third kappa shape index (κ3) is 5.62. The predicted molar refractivity (Wildman–Crippen MR) is 147 cm³/mol. The van der Waals surface area contributed by atoms with Crippen LogP contribution >= 0.6 is 0 Å². The van der Waals surface area contributed by atoms with E-state index in [2.05, 4.69) is 69.3 Å². The fraction of sp³-hybridized carbons (Fsp3) is 0.367. The highest BCUT2D eigenvalue weighted by atomic mass is 28.4. The number of nitrogens with zero attached hydrogens (tertiary/aromatic N) is 1. The maximum atomic E-state index is 13.6. The van der Waals surface area contributed by atoms with Gasteiger partial charge in [0.05, 0.1) is 6.61 Å². The summed E-state index contributed by atoms with van der Waals surface area (Å²) in [7, 11) is -2.82. The van der Waals surface area contributed by atoms with Gasteiger partial charge in [-0.25, -0.2) is 4.74 Å². The molecule has 1 aliphatic rings. The van der Waals surface area contributed by atoms with E-state index in [9.17, 15) is 5.21 Å². The fourth-order valence-electron chi connectivity index (χ4n) is 4.97. The van der Waals surface area contributed by atoms with Crippen molar-refractivity contribution < 1.29 is 18.6 Å². The molecule has 36 heavy (non-hydrogen) atoms. The van der Waals surface area contributed by atoms with Crippen LogP contribution in [-0.4, -0.2) is 43.9 Å². The van der Waals surface area contributed by atoms with Crippen molar-refractivity contribution in [1.29, 1.82) is 0 Å². The van der Waals surface area contributed by atoms with E-state index < -0.39 is 20.2 Å². The topological polar surface area (TPSA) is 53.8 Å². The second kappa shape index (κ2) is 10.7. The quantitative estimate of drug-likeness (QED) is 0.145.